The molecule has 0 aliphatic carbocycles. The predicted octanol–water partition coefficient (Wildman–Crippen LogP) is 1.41. The highest BCUT2D eigenvalue weighted by molar-refractivity contribution is 7.99. The van der Waals surface area contributed by atoms with Gasteiger partial charge in [-0.1, -0.05) is 6.42 Å². The smallest absolute Gasteiger partial charge is 0.305 e. The second kappa shape index (κ2) is 9.86. The molecule has 13 heavy (non-hydrogen) atoms. The van der Waals surface area contributed by atoms with Gasteiger partial charge in [0.2, 0.25) is 0 Å². The van der Waals surface area contributed by atoms with E-state index in [9.17, 15) is 4.79 Å². The van der Waals surface area contributed by atoms with Crippen LogP contribution in [0.5, 0.6) is 0 Å². The van der Waals surface area contributed by atoms with Crippen molar-refractivity contribution in [2.24, 2.45) is 5.73 Å². The lowest BCUT2D eigenvalue weighted by Gasteiger charge is -2.00. The number of hydrogen-bond acceptors (Lipinski definition) is 4. The highest BCUT2D eigenvalue weighted by Gasteiger charge is 1.98. The SMILES string of the molecule is COC(=O)CCCCCSCCN. The van der Waals surface area contributed by atoms with Crippen LogP contribution in [-0.4, -0.2) is 31.1 Å². The Balaban J connectivity index is 2.95. The molecule has 0 aromatic heterocycles. The van der Waals surface area contributed by atoms with Crippen LogP contribution in [0.1, 0.15) is 25.7 Å². The van der Waals surface area contributed by atoms with E-state index < -0.39 is 0 Å². The van der Waals surface area contributed by atoms with Gasteiger partial charge < -0.3 is 10.5 Å². The minimum Gasteiger partial charge on any atom is -0.469 e. The van der Waals surface area contributed by atoms with Crippen molar-refractivity contribution >= 4 is 17.7 Å². The molecule has 0 heterocycles. The number of carbonyl (C=O) groups excluding carboxylic acids is 1. The number of carbonyl (C=O) groups is 1. The van der Waals surface area contributed by atoms with Gasteiger partial charge in [0.1, 0.15) is 0 Å². The molecule has 0 aliphatic heterocycles. The fourth-order valence-corrected chi connectivity index (χ4v) is 1.72. The van der Waals surface area contributed by atoms with E-state index in [1.807, 2.05) is 11.8 Å². The predicted molar refractivity (Wildman–Crippen MR) is 56.9 cm³/mol. The van der Waals surface area contributed by atoms with E-state index in [0.717, 1.165) is 30.9 Å². The Kier molecular flexibility index (Phi) is 9.70. The maximum Gasteiger partial charge on any atom is 0.305 e. The molecule has 0 aromatic rings. The van der Waals surface area contributed by atoms with E-state index in [4.69, 9.17) is 5.73 Å². The zero-order chi connectivity index (χ0) is 9.94. The maximum atomic E-state index is 10.7. The number of methoxy groups -OCH3 is 1. The Bertz CT molecular complexity index is 131. The van der Waals surface area contributed by atoms with Gasteiger partial charge in [0, 0.05) is 18.7 Å². The third-order valence-corrected chi connectivity index (χ3v) is 2.76. The van der Waals surface area contributed by atoms with E-state index in [1.165, 1.54) is 13.5 Å². The molecule has 2 N–H and O–H groups in total. The zero-order valence-electron chi connectivity index (χ0n) is 8.25. The van der Waals surface area contributed by atoms with Crippen molar-refractivity contribution in [2.75, 3.05) is 25.2 Å². The zero-order valence-corrected chi connectivity index (χ0v) is 9.07. The van der Waals surface area contributed by atoms with Crippen LogP contribution in [0.4, 0.5) is 0 Å². The molecular formula is C9H19NO2S. The second-order valence-corrected chi connectivity index (χ2v) is 4.01. The lowest BCUT2D eigenvalue weighted by Crippen LogP contribution is -2.02. The van der Waals surface area contributed by atoms with Gasteiger partial charge in [0.05, 0.1) is 7.11 Å². The van der Waals surface area contributed by atoms with Gasteiger partial charge in [-0.2, -0.15) is 11.8 Å². The van der Waals surface area contributed by atoms with Crippen molar-refractivity contribution in [1.82, 2.24) is 0 Å². The number of ether oxygens (including phenoxy) is 1. The molecule has 0 radical (unpaired) electrons. The summed E-state index contributed by atoms with van der Waals surface area (Å²) in [6.45, 7) is 0.757. The Labute approximate surface area is 84.4 Å². The molecule has 0 aliphatic rings. The minimum absolute atomic E-state index is 0.102. The quantitative estimate of drug-likeness (QED) is 0.481. The van der Waals surface area contributed by atoms with Crippen LogP contribution in [0, 0.1) is 0 Å². The van der Waals surface area contributed by atoms with Crippen LogP contribution >= 0.6 is 11.8 Å². The second-order valence-electron chi connectivity index (χ2n) is 2.79. The number of rotatable bonds is 8. The molecule has 4 heteroatoms. The summed E-state index contributed by atoms with van der Waals surface area (Å²) in [5.41, 5.74) is 5.35. The first-order valence-corrected chi connectivity index (χ1v) is 5.81. The molecule has 0 saturated heterocycles. The van der Waals surface area contributed by atoms with Gasteiger partial charge >= 0.3 is 5.97 Å². The highest BCUT2D eigenvalue weighted by atomic mass is 32.2. The van der Waals surface area contributed by atoms with E-state index in [2.05, 4.69) is 4.74 Å². The third kappa shape index (κ3) is 9.70. The van der Waals surface area contributed by atoms with Crippen molar-refractivity contribution in [3.05, 3.63) is 0 Å². The van der Waals surface area contributed by atoms with Crippen LogP contribution in [0.15, 0.2) is 0 Å². The van der Waals surface area contributed by atoms with Crippen molar-refractivity contribution in [3.8, 4) is 0 Å². The van der Waals surface area contributed by atoms with Crippen LogP contribution in [0.25, 0.3) is 0 Å². The van der Waals surface area contributed by atoms with Crippen molar-refractivity contribution in [1.29, 1.82) is 0 Å². The Morgan fingerprint density at radius 1 is 1.31 bits per heavy atom. The average molecular weight is 205 g/mol. The van der Waals surface area contributed by atoms with Crippen LogP contribution in [-0.2, 0) is 9.53 Å². The van der Waals surface area contributed by atoms with Gasteiger partial charge in [0.25, 0.3) is 0 Å². The fraction of sp³-hybridized carbons (Fsp3) is 0.889. The number of nitrogens with two attached hydrogens (primary N) is 1. The first kappa shape index (κ1) is 12.8. The largest absolute Gasteiger partial charge is 0.469 e. The van der Waals surface area contributed by atoms with E-state index in [1.54, 1.807) is 0 Å². The molecule has 0 fully saturated rings. The molecule has 0 unspecified atom stereocenters. The van der Waals surface area contributed by atoms with Gasteiger partial charge in [-0.3, -0.25) is 4.79 Å². The van der Waals surface area contributed by atoms with Crippen molar-refractivity contribution in [3.63, 3.8) is 0 Å². The highest BCUT2D eigenvalue weighted by Crippen LogP contribution is 2.07. The first-order valence-electron chi connectivity index (χ1n) is 4.66. The summed E-state index contributed by atoms with van der Waals surface area (Å²) in [6, 6.07) is 0. The van der Waals surface area contributed by atoms with Gasteiger partial charge in [-0.15, -0.1) is 0 Å². The summed E-state index contributed by atoms with van der Waals surface area (Å²) >= 11 is 1.88. The third-order valence-electron chi connectivity index (χ3n) is 1.66. The summed E-state index contributed by atoms with van der Waals surface area (Å²) in [5.74, 6) is 2.09. The Morgan fingerprint density at radius 2 is 2.08 bits per heavy atom. The van der Waals surface area contributed by atoms with Gasteiger partial charge in [0.15, 0.2) is 0 Å². The molecule has 0 saturated carbocycles. The maximum absolute atomic E-state index is 10.7. The lowest BCUT2D eigenvalue weighted by atomic mass is 10.2. The van der Waals surface area contributed by atoms with Gasteiger partial charge in [-0.25, -0.2) is 0 Å². The minimum atomic E-state index is -0.102. The fourth-order valence-electron chi connectivity index (χ4n) is 0.938. The van der Waals surface area contributed by atoms with Gasteiger partial charge in [-0.05, 0) is 18.6 Å². The average Bonchev–Trinajstić information content (AvgIpc) is 2.16. The first-order chi connectivity index (χ1) is 6.31. The Hall–Kier alpha value is -0.220. The summed E-state index contributed by atoms with van der Waals surface area (Å²) < 4.78 is 4.53. The van der Waals surface area contributed by atoms with Crippen LogP contribution < -0.4 is 5.73 Å². The number of hydrogen-bond donors (Lipinski definition) is 1. The van der Waals surface area contributed by atoms with E-state index in [-0.39, 0.29) is 5.97 Å². The normalized spacial score (nSPS) is 10.0. The number of thioether (sulfide) groups is 1. The van der Waals surface area contributed by atoms with Crippen molar-refractivity contribution in [2.45, 2.75) is 25.7 Å². The number of esters is 1. The topological polar surface area (TPSA) is 52.3 Å². The molecule has 78 valence electrons. The summed E-state index contributed by atoms with van der Waals surface area (Å²) in [7, 11) is 1.43. The van der Waals surface area contributed by atoms with E-state index in [0.29, 0.717) is 6.42 Å². The molecule has 0 spiro atoms. The Morgan fingerprint density at radius 3 is 2.69 bits per heavy atom. The van der Waals surface area contributed by atoms with Crippen LogP contribution in [0.2, 0.25) is 0 Å². The molecule has 0 rings (SSSR count). The molecule has 0 aromatic carbocycles. The summed E-state index contributed by atoms with van der Waals surface area (Å²) in [4.78, 5) is 10.7. The number of unbranched alkanes of at least 4 members (excludes halogenated alkanes) is 2. The summed E-state index contributed by atoms with van der Waals surface area (Å²) in [5, 5.41) is 0. The summed E-state index contributed by atoms with van der Waals surface area (Å²) in [6.07, 6.45) is 3.77. The standard InChI is InChI=1S/C9H19NO2S/c1-12-9(11)5-3-2-4-7-13-8-6-10/h2-8,10H2,1H3. The monoisotopic (exact) mass is 205 g/mol. The van der Waals surface area contributed by atoms with Crippen molar-refractivity contribution < 1.29 is 9.53 Å². The van der Waals surface area contributed by atoms with Crippen LogP contribution in [0.3, 0.4) is 0 Å². The molecular weight excluding hydrogens is 186 g/mol. The molecule has 0 atom stereocenters. The lowest BCUT2D eigenvalue weighted by molar-refractivity contribution is -0.140. The molecule has 0 amide bonds. The molecule has 0 bridgehead atoms. The molecule has 3 nitrogen and oxygen atoms in total. The van der Waals surface area contributed by atoms with E-state index >= 15 is 0 Å².